The van der Waals surface area contributed by atoms with Crippen LogP contribution in [-0.4, -0.2) is 30.9 Å². The Bertz CT molecular complexity index is 344. The molecule has 0 fully saturated rings. The van der Waals surface area contributed by atoms with E-state index in [0.717, 1.165) is 5.56 Å². The predicted octanol–water partition coefficient (Wildman–Crippen LogP) is 2.38. The summed E-state index contributed by atoms with van der Waals surface area (Å²) in [6.07, 6.45) is 0. The quantitative estimate of drug-likeness (QED) is 0.833. The first-order valence-electron chi connectivity index (χ1n) is 4.40. The molecule has 0 heterocycles. The molecule has 0 atom stereocenters. The lowest BCUT2D eigenvalue weighted by Crippen LogP contribution is -2.18. The number of halogens is 2. The summed E-state index contributed by atoms with van der Waals surface area (Å²) < 4.78 is 5.03. The first-order valence-corrected chi connectivity index (χ1v) is 5.16. The van der Waals surface area contributed by atoms with Gasteiger partial charge in [-0.15, -0.1) is 0 Å². The molecule has 1 aromatic carbocycles. The molecule has 0 aliphatic carbocycles. The summed E-state index contributed by atoms with van der Waals surface area (Å²) in [7, 11) is 3.32. The zero-order valence-corrected chi connectivity index (χ0v) is 10.1. The Morgan fingerprint density at radius 2 is 2.00 bits per heavy atom. The van der Waals surface area contributed by atoms with Crippen molar-refractivity contribution in [1.82, 2.24) is 4.90 Å². The molecule has 0 aliphatic heterocycles. The van der Waals surface area contributed by atoms with Gasteiger partial charge in [0, 0.05) is 6.54 Å². The van der Waals surface area contributed by atoms with Crippen molar-refractivity contribution in [3.05, 3.63) is 27.7 Å². The van der Waals surface area contributed by atoms with E-state index in [1.54, 1.807) is 18.0 Å². The number of ether oxygens (including phenoxy) is 1. The van der Waals surface area contributed by atoms with Gasteiger partial charge < -0.3 is 9.84 Å². The number of hydrogen-bond donors (Lipinski definition) is 1. The van der Waals surface area contributed by atoms with E-state index in [-0.39, 0.29) is 6.73 Å². The highest BCUT2D eigenvalue weighted by molar-refractivity contribution is 6.43. The van der Waals surface area contributed by atoms with Gasteiger partial charge in [0.15, 0.2) is 0 Å². The van der Waals surface area contributed by atoms with E-state index >= 15 is 0 Å². The van der Waals surface area contributed by atoms with Gasteiger partial charge in [0.25, 0.3) is 0 Å². The zero-order chi connectivity index (χ0) is 11.4. The van der Waals surface area contributed by atoms with E-state index < -0.39 is 0 Å². The molecule has 0 amide bonds. The van der Waals surface area contributed by atoms with Crippen LogP contribution in [0.25, 0.3) is 0 Å². The van der Waals surface area contributed by atoms with Crippen molar-refractivity contribution in [3.8, 4) is 5.75 Å². The number of methoxy groups -OCH3 is 1. The minimum absolute atomic E-state index is 0.0278. The molecule has 0 aliphatic rings. The van der Waals surface area contributed by atoms with Gasteiger partial charge >= 0.3 is 0 Å². The van der Waals surface area contributed by atoms with E-state index in [1.165, 1.54) is 7.11 Å². The molecule has 0 saturated heterocycles. The van der Waals surface area contributed by atoms with Crippen molar-refractivity contribution in [2.45, 2.75) is 6.54 Å². The average molecular weight is 250 g/mol. The van der Waals surface area contributed by atoms with E-state index in [9.17, 15) is 0 Å². The lowest BCUT2D eigenvalue weighted by molar-refractivity contribution is 0.127. The van der Waals surface area contributed by atoms with Gasteiger partial charge in [0.05, 0.1) is 18.9 Å². The van der Waals surface area contributed by atoms with Crippen LogP contribution in [0.3, 0.4) is 0 Å². The van der Waals surface area contributed by atoms with Gasteiger partial charge in [-0.25, -0.2) is 0 Å². The van der Waals surface area contributed by atoms with Gasteiger partial charge in [0.2, 0.25) is 0 Å². The molecular formula is C10H13Cl2NO2. The summed E-state index contributed by atoms with van der Waals surface area (Å²) in [5, 5.41) is 9.76. The van der Waals surface area contributed by atoms with Crippen LogP contribution >= 0.6 is 23.2 Å². The van der Waals surface area contributed by atoms with Crippen LogP contribution in [-0.2, 0) is 6.54 Å². The molecule has 0 saturated carbocycles. The normalized spacial score (nSPS) is 10.8. The van der Waals surface area contributed by atoms with Crippen LogP contribution in [0.5, 0.6) is 5.75 Å². The number of hydrogen-bond acceptors (Lipinski definition) is 3. The molecule has 0 radical (unpaired) electrons. The molecule has 0 unspecified atom stereocenters. The van der Waals surface area contributed by atoms with Gasteiger partial charge in [-0.05, 0) is 18.7 Å². The second-order valence-electron chi connectivity index (χ2n) is 3.21. The monoisotopic (exact) mass is 249 g/mol. The van der Waals surface area contributed by atoms with Crippen LogP contribution in [0, 0.1) is 0 Å². The van der Waals surface area contributed by atoms with E-state index in [1.807, 2.05) is 6.07 Å². The first-order chi connectivity index (χ1) is 7.10. The van der Waals surface area contributed by atoms with Crippen LogP contribution < -0.4 is 4.74 Å². The molecular weight excluding hydrogens is 237 g/mol. The van der Waals surface area contributed by atoms with Crippen LogP contribution in [0.2, 0.25) is 10.0 Å². The summed E-state index contributed by atoms with van der Waals surface area (Å²) in [5.41, 5.74) is 0.860. The molecule has 5 heteroatoms. The Labute approximate surface area is 99.2 Å². The Kier molecular flexibility index (Phi) is 4.67. The van der Waals surface area contributed by atoms with Crippen molar-refractivity contribution < 1.29 is 9.84 Å². The standard InChI is InChI=1S/C10H13Cl2NO2/c1-13(6-14)5-7-3-4-8(15-2)10(12)9(7)11/h3-4,14H,5-6H2,1-2H3. The summed E-state index contributed by atoms with van der Waals surface area (Å²) in [6.45, 7) is 0.513. The predicted molar refractivity (Wildman–Crippen MR) is 61.6 cm³/mol. The van der Waals surface area contributed by atoms with Gasteiger partial charge in [0.1, 0.15) is 10.8 Å². The lowest BCUT2D eigenvalue weighted by Gasteiger charge is -2.15. The van der Waals surface area contributed by atoms with Crippen molar-refractivity contribution >= 4 is 23.2 Å². The Balaban J connectivity index is 2.96. The Hall–Kier alpha value is -0.480. The minimum Gasteiger partial charge on any atom is -0.495 e. The van der Waals surface area contributed by atoms with Crippen LogP contribution in [0.4, 0.5) is 0 Å². The summed E-state index contributed by atoms with van der Waals surface area (Å²) >= 11 is 12.0. The van der Waals surface area contributed by atoms with Crippen LogP contribution in [0.1, 0.15) is 5.56 Å². The van der Waals surface area contributed by atoms with E-state index in [2.05, 4.69) is 0 Å². The lowest BCUT2D eigenvalue weighted by atomic mass is 10.2. The molecule has 84 valence electrons. The smallest absolute Gasteiger partial charge is 0.138 e. The van der Waals surface area contributed by atoms with Crippen molar-refractivity contribution in [1.29, 1.82) is 0 Å². The second kappa shape index (κ2) is 5.56. The van der Waals surface area contributed by atoms with Crippen molar-refractivity contribution in [2.24, 2.45) is 0 Å². The second-order valence-corrected chi connectivity index (χ2v) is 3.97. The Morgan fingerprint density at radius 1 is 1.33 bits per heavy atom. The largest absolute Gasteiger partial charge is 0.495 e. The molecule has 1 N–H and O–H groups in total. The summed E-state index contributed by atoms with van der Waals surface area (Å²) in [6, 6.07) is 3.59. The third kappa shape index (κ3) is 2.98. The highest BCUT2D eigenvalue weighted by atomic mass is 35.5. The number of nitrogens with zero attached hydrogens (tertiary/aromatic N) is 1. The maximum Gasteiger partial charge on any atom is 0.138 e. The minimum atomic E-state index is -0.0278. The SMILES string of the molecule is COc1ccc(CN(C)CO)c(Cl)c1Cl. The maximum atomic E-state index is 8.88. The van der Waals surface area contributed by atoms with E-state index in [0.29, 0.717) is 22.3 Å². The molecule has 1 aromatic rings. The summed E-state index contributed by atoms with van der Waals surface area (Å²) in [4.78, 5) is 1.71. The van der Waals surface area contributed by atoms with Crippen molar-refractivity contribution in [3.63, 3.8) is 0 Å². The number of benzene rings is 1. The maximum absolute atomic E-state index is 8.88. The molecule has 0 bridgehead atoms. The van der Waals surface area contributed by atoms with E-state index in [4.69, 9.17) is 33.0 Å². The Morgan fingerprint density at radius 3 is 2.53 bits per heavy atom. The highest BCUT2D eigenvalue weighted by Crippen LogP contribution is 2.34. The molecule has 3 nitrogen and oxygen atoms in total. The number of aliphatic hydroxyl groups is 1. The van der Waals surface area contributed by atoms with Gasteiger partial charge in [-0.1, -0.05) is 29.3 Å². The third-order valence-electron chi connectivity index (χ3n) is 2.03. The van der Waals surface area contributed by atoms with Gasteiger partial charge in [-0.3, -0.25) is 4.90 Å². The number of rotatable bonds is 4. The summed E-state index contributed by atoms with van der Waals surface area (Å²) in [5.74, 6) is 0.553. The molecule has 0 aromatic heterocycles. The number of aliphatic hydroxyl groups excluding tert-OH is 1. The fourth-order valence-corrected chi connectivity index (χ4v) is 1.67. The molecule has 0 spiro atoms. The fraction of sp³-hybridized carbons (Fsp3) is 0.400. The topological polar surface area (TPSA) is 32.7 Å². The highest BCUT2D eigenvalue weighted by Gasteiger charge is 2.11. The van der Waals surface area contributed by atoms with Crippen molar-refractivity contribution in [2.75, 3.05) is 20.9 Å². The molecule has 1 rings (SSSR count). The van der Waals surface area contributed by atoms with Crippen LogP contribution in [0.15, 0.2) is 12.1 Å². The first kappa shape index (κ1) is 12.6. The fourth-order valence-electron chi connectivity index (χ4n) is 1.19. The zero-order valence-electron chi connectivity index (χ0n) is 8.63. The van der Waals surface area contributed by atoms with Gasteiger partial charge in [-0.2, -0.15) is 0 Å². The molecule has 15 heavy (non-hydrogen) atoms. The third-order valence-corrected chi connectivity index (χ3v) is 2.93. The average Bonchev–Trinajstić information content (AvgIpc) is 2.25.